The molecule has 3 aromatic rings. The Kier molecular flexibility index (Phi) is 8.02. The van der Waals surface area contributed by atoms with E-state index in [1.807, 2.05) is 12.1 Å². The second kappa shape index (κ2) is 11.9. The summed E-state index contributed by atoms with van der Waals surface area (Å²) >= 11 is 0. The summed E-state index contributed by atoms with van der Waals surface area (Å²) in [5.74, 6) is -1.04. The van der Waals surface area contributed by atoms with Gasteiger partial charge in [0.15, 0.2) is 0 Å². The van der Waals surface area contributed by atoms with E-state index in [9.17, 15) is 27.6 Å². The predicted octanol–water partition coefficient (Wildman–Crippen LogP) is 4.41. The van der Waals surface area contributed by atoms with E-state index >= 15 is 0 Å². The zero-order valence-electron chi connectivity index (χ0n) is 23.9. The fourth-order valence-corrected chi connectivity index (χ4v) is 6.15. The van der Waals surface area contributed by atoms with Crippen LogP contribution in [-0.2, 0) is 28.5 Å². The number of ether oxygens (including phenoxy) is 2. The van der Waals surface area contributed by atoms with Crippen molar-refractivity contribution in [3.8, 4) is 5.88 Å². The van der Waals surface area contributed by atoms with Crippen molar-refractivity contribution in [1.82, 2.24) is 15.2 Å². The van der Waals surface area contributed by atoms with Gasteiger partial charge in [0.1, 0.15) is 18.3 Å². The maximum atomic E-state index is 13.5. The van der Waals surface area contributed by atoms with Gasteiger partial charge in [-0.05, 0) is 67.1 Å². The van der Waals surface area contributed by atoms with Crippen molar-refractivity contribution in [2.75, 3.05) is 19.0 Å². The van der Waals surface area contributed by atoms with Crippen LogP contribution in [0.25, 0.3) is 0 Å². The number of hydrogen-bond donors (Lipinski definition) is 2. The number of benzene rings is 2. The van der Waals surface area contributed by atoms with E-state index < -0.39 is 23.8 Å². The van der Waals surface area contributed by atoms with Gasteiger partial charge < -0.3 is 25.0 Å². The number of nitrogens with one attached hydrogen (secondary N) is 2. The van der Waals surface area contributed by atoms with Crippen molar-refractivity contribution in [2.24, 2.45) is 0 Å². The molecule has 44 heavy (non-hydrogen) atoms. The summed E-state index contributed by atoms with van der Waals surface area (Å²) in [6.07, 6.45) is -0.962. The van der Waals surface area contributed by atoms with Crippen LogP contribution in [0.3, 0.4) is 0 Å². The number of fused-ring (bicyclic) bond motifs is 3. The van der Waals surface area contributed by atoms with Crippen LogP contribution in [-0.4, -0.2) is 65.6 Å². The lowest BCUT2D eigenvalue weighted by Gasteiger charge is -2.42. The van der Waals surface area contributed by atoms with Crippen LogP contribution in [0, 0.1) is 0 Å². The first-order valence-electron chi connectivity index (χ1n) is 14.5. The molecular formula is C32H31F3N4O5. The number of aromatic nitrogens is 1. The lowest BCUT2D eigenvalue weighted by molar-refractivity contribution is -0.137. The fourth-order valence-electron chi connectivity index (χ4n) is 6.15. The molecule has 6 rings (SSSR count). The van der Waals surface area contributed by atoms with Crippen LogP contribution >= 0.6 is 0 Å². The van der Waals surface area contributed by atoms with Gasteiger partial charge in [0, 0.05) is 18.7 Å². The number of alkyl halides is 3. The first kappa shape index (κ1) is 29.6. The molecule has 3 amide bonds. The highest BCUT2D eigenvalue weighted by molar-refractivity contribution is 6.05. The Hall–Kier alpha value is -4.45. The van der Waals surface area contributed by atoms with Crippen molar-refractivity contribution in [1.29, 1.82) is 0 Å². The number of carbonyl (C=O) groups is 3. The van der Waals surface area contributed by atoms with Gasteiger partial charge in [-0.15, -0.1) is 0 Å². The maximum absolute atomic E-state index is 13.5. The number of amides is 3. The topological polar surface area (TPSA) is 110 Å². The third kappa shape index (κ3) is 6.26. The second-order valence-electron chi connectivity index (χ2n) is 11.4. The van der Waals surface area contributed by atoms with Gasteiger partial charge >= 0.3 is 6.18 Å². The number of nitrogens with zero attached hydrogens (tertiary/aromatic N) is 2. The number of hydrogen-bond acceptors (Lipinski definition) is 6. The molecule has 3 atom stereocenters. The molecule has 0 unspecified atom stereocenters. The lowest BCUT2D eigenvalue weighted by atomic mass is 9.94. The Labute approximate surface area is 251 Å². The molecule has 12 heteroatoms. The van der Waals surface area contributed by atoms with E-state index in [1.165, 1.54) is 23.4 Å². The Morgan fingerprint density at radius 2 is 1.75 bits per heavy atom. The average Bonchev–Trinajstić information content (AvgIpc) is 3.41. The van der Waals surface area contributed by atoms with Gasteiger partial charge in [0.05, 0.1) is 36.0 Å². The van der Waals surface area contributed by atoms with Crippen LogP contribution in [0.1, 0.15) is 56.7 Å². The third-order valence-corrected chi connectivity index (χ3v) is 8.43. The summed E-state index contributed by atoms with van der Waals surface area (Å²) in [5, 5.41) is 5.71. The van der Waals surface area contributed by atoms with E-state index in [1.54, 1.807) is 11.9 Å². The number of halogens is 3. The molecular weight excluding hydrogens is 577 g/mol. The number of likely N-dealkylation sites (N-methyl/N-ethyl adjacent to an activating group) is 1. The van der Waals surface area contributed by atoms with Crippen molar-refractivity contribution in [3.05, 3.63) is 88.6 Å². The summed E-state index contributed by atoms with van der Waals surface area (Å²) in [6.45, 7) is 0.107. The highest BCUT2D eigenvalue weighted by Gasteiger charge is 2.40. The lowest BCUT2D eigenvalue weighted by Crippen LogP contribution is -2.54. The molecule has 0 spiro atoms. The SMILES string of the molecule is CN1C(=O)c2cc(NC(=O)c3ccc(C(F)(F)F)cc3)cnc2OC[C@@H]2O[C@H](CC(=O)NC3Cc4ccccc4C3)CC[C@@H]21. The Balaban J connectivity index is 1.07. The molecule has 0 saturated carbocycles. The zero-order valence-corrected chi connectivity index (χ0v) is 23.9. The van der Waals surface area contributed by atoms with Crippen molar-refractivity contribution in [3.63, 3.8) is 0 Å². The minimum absolute atomic E-state index is 0.0169. The van der Waals surface area contributed by atoms with Gasteiger partial charge in [-0.3, -0.25) is 14.4 Å². The molecule has 0 bridgehead atoms. The van der Waals surface area contributed by atoms with Gasteiger partial charge in [-0.1, -0.05) is 24.3 Å². The predicted molar refractivity (Wildman–Crippen MR) is 153 cm³/mol. The van der Waals surface area contributed by atoms with Crippen LogP contribution in [0.2, 0.25) is 0 Å². The zero-order chi connectivity index (χ0) is 31.0. The van der Waals surface area contributed by atoms with Crippen LogP contribution in [0.5, 0.6) is 5.88 Å². The second-order valence-corrected chi connectivity index (χ2v) is 11.4. The summed E-state index contributed by atoms with van der Waals surface area (Å²) in [7, 11) is 1.66. The molecule has 3 aliphatic rings. The molecule has 9 nitrogen and oxygen atoms in total. The van der Waals surface area contributed by atoms with Crippen LogP contribution in [0.15, 0.2) is 60.8 Å². The average molecular weight is 609 g/mol. The molecule has 3 heterocycles. The molecule has 2 N–H and O–H groups in total. The largest absolute Gasteiger partial charge is 0.474 e. The summed E-state index contributed by atoms with van der Waals surface area (Å²) in [6, 6.07) is 13.2. The monoisotopic (exact) mass is 608 g/mol. The molecule has 1 saturated heterocycles. The molecule has 1 aromatic heterocycles. The Morgan fingerprint density at radius 3 is 2.43 bits per heavy atom. The van der Waals surface area contributed by atoms with Gasteiger partial charge in [-0.25, -0.2) is 4.98 Å². The minimum Gasteiger partial charge on any atom is -0.474 e. The van der Waals surface area contributed by atoms with Crippen LogP contribution < -0.4 is 15.4 Å². The van der Waals surface area contributed by atoms with Crippen LogP contribution in [0.4, 0.5) is 18.9 Å². The molecule has 1 aliphatic carbocycles. The van der Waals surface area contributed by atoms with E-state index in [4.69, 9.17) is 9.47 Å². The fraction of sp³-hybridized carbons (Fsp3) is 0.375. The quantitative estimate of drug-likeness (QED) is 0.445. The van der Waals surface area contributed by atoms with Crippen molar-refractivity contribution in [2.45, 2.75) is 62.6 Å². The van der Waals surface area contributed by atoms with E-state index in [2.05, 4.69) is 27.8 Å². The Bertz CT molecular complexity index is 1550. The normalized spacial score (nSPS) is 21.7. The molecule has 230 valence electrons. The first-order chi connectivity index (χ1) is 21.0. The standard InChI is InChI=1S/C32H31F3N4O5/c1-39-26-11-10-24(15-28(40)37-22-12-19-4-2-3-5-20(19)13-22)44-27(26)17-43-30-25(31(39)42)14-23(16-36-30)38-29(41)18-6-8-21(9-7-18)32(33,34)35/h2-9,14,16,22,24,26-27H,10-13,15,17H2,1H3,(H,37,40)(H,38,41)/t24-,26-,27-/m0/s1. The van der Waals surface area contributed by atoms with Gasteiger partial charge in [0.25, 0.3) is 11.8 Å². The molecule has 0 radical (unpaired) electrons. The van der Waals surface area contributed by atoms with Gasteiger partial charge in [0.2, 0.25) is 11.8 Å². The smallest absolute Gasteiger partial charge is 0.416 e. The van der Waals surface area contributed by atoms with Gasteiger partial charge in [-0.2, -0.15) is 13.2 Å². The number of pyridine rings is 1. The minimum atomic E-state index is -4.51. The summed E-state index contributed by atoms with van der Waals surface area (Å²) in [4.78, 5) is 44.8. The molecule has 2 aliphatic heterocycles. The highest BCUT2D eigenvalue weighted by Crippen LogP contribution is 2.32. The highest BCUT2D eigenvalue weighted by atomic mass is 19.4. The molecule has 2 aromatic carbocycles. The van der Waals surface area contributed by atoms with Crippen molar-refractivity contribution < 1.29 is 37.0 Å². The number of carbonyl (C=O) groups excluding carboxylic acids is 3. The van der Waals surface area contributed by atoms with E-state index in [0.29, 0.717) is 12.8 Å². The summed E-state index contributed by atoms with van der Waals surface area (Å²) < 4.78 is 50.8. The van der Waals surface area contributed by atoms with E-state index in [0.717, 1.165) is 37.1 Å². The number of anilines is 1. The summed E-state index contributed by atoms with van der Waals surface area (Å²) in [5.41, 5.74) is 2.00. The van der Waals surface area contributed by atoms with E-state index in [-0.39, 0.29) is 65.7 Å². The first-order valence-corrected chi connectivity index (χ1v) is 14.5. The molecule has 1 fully saturated rings. The Morgan fingerprint density at radius 1 is 1.05 bits per heavy atom. The third-order valence-electron chi connectivity index (χ3n) is 8.43. The number of rotatable bonds is 5. The maximum Gasteiger partial charge on any atom is 0.416 e. The van der Waals surface area contributed by atoms with Crippen molar-refractivity contribution >= 4 is 23.4 Å².